The summed E-state index contributed by atoms with van der Waals surface area (Å²) in [4.78, 5) is 43.4. The Hall–Kier alpha value is -3.41. The summed E-state index contributed by atoms with van der Waals surface area (Å²) in [6, 6.07) is 5.06. The van der Waals surface area contributed by atoms with E-state index in [9.17, 15) is 22.9 Å². The highest BCUT2D eigenvalue weighted by atomic mass is 32.2. The van der Waals surface area contributed by atoms with Gasteiger partial charge in [-0.15, -0.1) is 4.91 Å². The fourth-order valence-electron chi connectivity index (χ4n) is 3.53. The van der Waals surface area contributed by atoms with Gasteiger partial charge in [-0.05, 0) is 43.9 Å². The van der Waals surface area contributed by atoms with Crippen LogP contribution in [0.3, 0.4) is 0 Å². The Morgan fingerprint density at radius 3 is 2.39 bits per heavy atom. The molecule has 0 aliphatic heterocycles. The number of nitrogens with one attached hydrogen (secondary N) is 2. The van der Waals surface area contributed by atoms with Gasteiger partial charge >= 0.3 is 6.03 Å². The van der Waals surface area contributed by atoms with Crippen molar-refractivity contribution in [3.05, 3.63) is 58.5 Å². The first-order valence-corrected chi connectivity index (χ1v) is 12.1. The number of rotatable bonds is 8. The summed E-state index contributed by atoms with van der Waals surface area (Å²) in [5.74, 6) is -0.676. The highest BCUT2D eigenvalue weighted by Crippen LogP contribution is 2.17. The molecule has 0 unspecified atom stereocenters. The number of sulfonamides is 1. The quantitative estimate of drug-likeness (QED) is 0.440. The highest BCUT2D eigenvalue weighted by molar-refractivity contribution is 7.90. The molecule has 1 heterocycles. The fraction of sp³-hybridized carbons (Fsp3) is 0.429. The SMILES string of the molecule is Cc1cnc(C(=O)N(CCc2ccc(S(=O)(=O)NC(=O)NC3CCCCC3)cc2)N=O)cn1. The molecule has 1 saturated carbocycles. The van der Waals surface area contributed by atoms with Gasteiger partial charge in [-0.1, -0.05) is 31.4 Å². The Labute approximate surface area is 192 Å². The van der Waals surface area contributed by atoms with Crippen molar-refractivity contribution in [1.29, 1.82) is 0 Å². The van der Waals surface area contributed by atoms with Gasteiger partial charge in [-0.2, -0.15) is 5.01 Å². The Morgan fingerprint density at radius 1 is 1.09 bits per heavy atom. The predicted molar refractivity (Wildman–Crippen MR) is 119 cm³/mol. The second kappa shape index (κ2) is 10.9. The number of amides is 3. The number of hydrogen-bond donors (Lipinski definition) is 2. The van der Waals surface area contributed by atoms with Gasteiger partial charge in [0.25, 0.3) is 15.9 Å². The number of hydrogen-bond acceptors (Lipinski definition) is 8. The van der Waals surface area contributed by atoms with Crippen LogP contribution >= 0.6 is 0 Å². The van der Waals surface area contributed by atoms with E-state index in [1.807, 2.05) is 4.72 Å². The number of carbonyl (C=O) groups is 2. The van der Waals surface area contributed by atoms with Crippen LogP contribution in [0.25, 0.3) is 0 Å². The van der Waals surface area contributed by atoms with Gasteiger partial charge in [0, 0.05) is 12.2 Å². The number of urea groups is 1. The van der Waals surface area contributed by atoms with Crippen LogP contribution in [0.15, 0.2) is 46.8 Å². The molecule has 12 heteroatoms. The lowest BCUT2D eigenvalue weighted by Gasteiger charge is -2.22. The van der Waals surface area contributed by atoms with Gasteiger partial charge in [0.05, 0.1) is 28.6 Å². The molecule has 0 bridgehead atoms. The van der Waals surface area contributed by atoms with Crippen molar-refractivity contribution in [3.63, 3.8) is 0 Å². The average molecular weight is 475 g/mol. The van der Waals surface area contributed by atoms with Crippen LogP contribution in [0.4, 0.5) is 4.79 Å². The van der Waals surface area contributed by atoms with Crippen molar-refractivity contribution in [2.45, 2.75) is 56.4 Å². The van der Waals surface area contributed by atoms with Gasteiger partial charge in [0.15, 0.2) is 0 Å². The van der Waals surface area contributed by atoms with Gasteiger partial charge in [-0.3, -0.25) is 9.78 Å². The molecule has 33 heavy (non-hydrogen) atoms. The molecule has 3 amide bonds. The summed E-state index contributed by atoms with van der Waals surface area (Å²) in [5.41, 5.74) is 1.31. The van der Waals surface area contributed by atoms with Crippen molar-refractivity contribution in [1.82, 2.24) is 25.0 Å². The van der Waals surface area contributed by atoms with E-state index >= 15 is 0 Å². The summed E-state index contributed by atoms with van der Waals surface area (Å²) in [7, 11) is -4.03. The topological polar surface area (TPSA) is 151 Å². The third kappa shape index (κ3) is 6.78. The molecule has 0 spiro atoms. The Balaban J connectivity index is 1.56. The van der Waals surface area contributed by atoms with Crippen LogP contribution in [0.1, 0.15) is 53.8 Å². The zero-order valence-corrected chi connectivity index (χ0v) is 19.0. The molecule has 3 rings (SSSR count). The lowest BCUT2D eigenvalue weighted by Crippen LogP contribution is -2.45. The third-order valence-corrected chi connectivity index (χ3v) is 6.69. The molecule has 11 nitrogen and oxygen atoms in total. The van der Waals surface area contributed by atoms with Crippen molar-refractivity contribution in [2.24, 2.45) is 5.29 Å². The van der Waals surface area contributed by atoms with E-state index in [1.54, 1.807) is 19.1 Å². The van der Waals surface area contributed by atoms with Crippen LogP contribution in [0.2, 0.25) is 0 Å². The van der Waals surface area contributed by atoms with E-state index in [-0.39, 0.29) is 29.6 Å². The van der Waals surface area contributed by atoms with Gasteiger partial charge < -0.3 is 5.32 Å². The summed E-state index contributed by atoms with van der Waals surface area (Å²) in [6.45, 7) is 1.70. The van der Waals surface area contributed by atoms with E-state index in [2.05, 4.69) is 20.6 Å². The van der Waals surface area contributed by atoms with E-state index < -0.39 is 22.0 Å². The lowest BCUT2D eigenvalue weighted by molar-refractivity contribution is 0.0752. The van der Waals surface area contributed by atoms with E-state index in [0.717, 1.165) is 37.1 Å². The number of aromatic nitrogens is 2. The van der Waals surface area contributed by atoms with Gasteiger partial charge in [-0.25, -0.2) is 22.9 Å². The summed E-state index contributed by atoms with van der Waals surface area (Å²) >= 11 is 0. The van der Waals surface area contributed by atoms with Gasteiger partial charge in [0.1, 0.15) is 5.69 Å². The van der Waals surface area contributed by atoms with Crippen LogP contribution in [-0.4, -0.2) is 47.9 Å². The van der Waals surface area contributed by atoms with Crippen LogP contribution in [0, 0.1) is 11.8 Å². The highest BCUT2D eigenvalue weighted by Gasteiger charge is 2.22. The number of benzene rings is 1. The van der Waals surface area contributed by atoms with Crippen molar-refractivity contribution >= 4 is 22.0 Å². The van der Waals surface area contributed by atoms with Crippen LogP contribution < -0.4 is 10.0 Å². The standard InChI is InChI=1S/C21H26N6O5S/c1-15-13-23-19(14-22-15)20(28)27(26-30)12-11-16-7-9-18(10-8-16)33(31,32)25-21(29)24-17-5-3-2-4-6-17/h7-10,13-14,17H,2-6,11-12H2,1H3,(H2,24,25,29). The van der Waals surface area contributed by atoms with E-state index in [4.69, 9.17) is 0 Å². The number of nitroso groups, excluding NO2 is 1. The van der Waals surface area contributed by atoms with Gasteiger partial charge in [0.2, 0.25) is 0 Å². The lowest BCUT2D eigenvalue weighted by atomic mass is 9.96. The first-order valence-electron chi connectivity index (χ1n) is 10.6. The molecule has 1 aliphatic rings. The Bertz CT molecular complexity index is 1080. The van der Waals surface area contributed by atoms with Crippen LogP contribution in [0.5, 0.6) is 0 Å². The second-order valence-corrected chi connectivity index (χ2v) is 9.54. The predicted octanol–water partition coefficient (Wildman–Crippen LogP) is 2.47. The zero-order chi connectivity index (χ0) is 23.8. The number of carbonyl (C=O) groups excluding carboxylic acids is 2. The van der Waals surface area contributed by atoms with Crippen LogP contribution in [-0.2, 0) is 16.4 Å². The first-order chi connectivity index (χ1) is 15.8. The normalized spacial score (nSPS) is 14.3. The zero-order valence-electron chi connectivity index (χ0n) is 18.2. The smallest absolute Gasteiger partial charge is 0.328 e. The van der Waals surface area contributed by atoms with Crippen molar-refractivity contribution in [3.8, 4) is 0 Å². The molecule has 1 aromatic carbocycles. The van der Waals surface area contributed by atoms with E-state index in [0.29, 0.717) is 11.3 Å². The molecular formula is C21H26N6O5S. The molecule has 0 atom stereocenters. The summed E-state index contributed by atoms with van der Waals surface area (Å²) in [6.07, 6.45) is 7.78. The minimum absolute atomic E-state index is 0.000723. The molecule has 1 aromatic heterocycles. The van der Waals surface area contributed by atoms with Crippen molar-refractivity contribution in [2.75, 3.05) is 6.54 Å². The molecule has 1 aliphatic carbocycles. The maximum atomic E-state index is 12.5. The summed E-state index contributed by atoms with van der Waals surface area (Å²) in [5, 5.41) is 6.20. The first kappa shape index (κ1) is 24.2. The largest absolute Gasteiger partial charge is 0.335 e. The molecule has 1 fully saturated rings. The maximum absolute atomic E-state index is 12.5. The minimum Gasteiger partial charge on any atom is -0.335 e. The molecule has 2 N–H and O–H groups in total. The minimum atomic E-state index is -4.03. The Morgan fingerprint density at radius 2 is 1.79 bits per heavy atom. The average Bonchev–Trinajstić information content (AvgIpc) is 2.80. The number of nitrogens with zero attached hydrogens (tertiary/aromatic N) is 4. The molecule has 176 valence electrons. The number of aryl methyl sites for hydroxylation is 1. The maximum Gasteiger partial charge on any atom is 0.328 e. The molecule has 0 saturated heterocycles. The molecule has 0 radical (unpaired) electrons. The molecule has 2 aromatic rings. The third-order valence-electron chi connectivity index (χ3n) is 5.35. The molecular weight excluding hydrogens is 448 g/mol. The second-order valence-electron chi connectivity index (χ2n) is 7.86. The monoisotopic (exact) mass is 474 g/mol. The van der Waals surface area contributed by atoms with E-state index in [1.165, 1.54) is 24.5 Å². The van der Waals surface area contributed by atoms with Crippen molar-refractivity contribution < 1.29 is 18.0 Å². The summed E-state index contributed by atoms with van der Waals surface area (Å²) < 4.78 is 27.0. The fourth-order valence-corrected chi connectivity index (χ4v) is 4.44. The Kier molecular flexibility index (Phi) is 8.04.